The van der Waals surface area contributed by atoms with Crippen molar-refractivity contribution in [1.29, 1.82) is 0 Å². The second kappa shape index (κ2) is 7.74. The Hall–Kier alpha value is -4.19. The van der Waals surface area contributed by atoms with Gasteiger partial charge < -0.3 is 10.1 Å². The molecule has 0 bridgehead atoms. The van der Waals surface area contributed by atoms with Gasteiger partial charge in [-0.05, 0) is 62.2 Å². The first kappa shape index (κ1) is 20.7. The second-order valence-electron chi connectivity index (χ2n) is 8.46. The van der Waals surface area contributed by atoms with E-state index in [-0.39, 0.29) is 11.3 Å². The zero-order chi connectivity index (χ0) is 23.3. The molecule has 164 valence electrons. The first-order chi connectivity index (χ1) is 15.9. The van der Waals surface area contributed by atoms with Gasteiger partial charge in [0.15, 0.2) is 0 Å². The van der Waals surface area contributed by atoms with Crippen LogP contribution in [0.25, 0.3) is 16.7 Å². The predicted molar refractivity (Wildman–Crippen MR) is 128 cm³/mol. The van der Waals surface area contributed by atoms with Crippen molar-refractivity contribution < 1.29 is 14.7 Å². The van der Waals surface area contributed by atoms with Crippen LogP contribution in [-0.2, 0) is 9.59 Å². The summed E-state index contributed by atoms with van der Waals surface area (Å²) in [4.78, 5) is 35.7. The van der Waals surface area contributed by atoms with E-state index < -0.39 is 17.7 Å². The summed E-state index contributed by atoms with van der Waals surface area (Å²) in [6.07, 6.45) is 3.09. The van der Waals surface area contributed by atoms with E-state index in [2.05, 4.69) is 9.97 Å². The van der Waals surface area contributed by atoms with Crippen LogP contribution in [0.4, 0.5) is 5.69 Å². The van der Waals surface area contributed by atoms with Crippen LogP contribution in [0, 0.1) is 20.8 Å². The zero-order valence-corrected chi connectivity index (χ0v) is 18.6. The predicted octanol–water partition coefficient (Wildman–Crippen LogP) is 5.11. The molecule has 0 aliphatic carbocycles. The summed E-state index contributed by atoms with van der Waals surface area (Å²) in [5.41, 5.74) is 5.62. The van der Waals surface area contributed by atoms with Gasteiger partial charge >= 0.3 is 0 Å². The third-order valence-corrected chi connectivity index (χ3v) is 6.10. The number of aryl methyl sites for hydroxylation is 3. The molecule has 3 heterocycles. The highest BCUT2D eigenvalue weighted by Crippen LogP contribution is 2.45. The average Bonchev–Trinajstić information content (AvgIpc) is 3.25. The number of hydrogen-bond donors (Lipinski definition) is 2. The fourth-order valence-electron chi connectivity index (χ4n) is 4.78. The quantitative estimate of drug-likeness (QED) is 0.265. The largest absolute Gasteiger partial charge is 0.507 e. The van der Waals surface area contributed by atoms with Gasteiger partial charge in [0.2, 0.25) is 0 Å². The minimum absolute atomic E-state index is 0.0678. The van der Waals surface area contributed by atoms with Gasteiger partial charge in [0.05, 0.1) is 11.6 Å². The summed E-state index contributed by atoms with van der Waals surface area (Å²) in [7, 11) is 0. The molecule has 1 saturated heterocycles. The molecule has 1 amide bonds. The maximum absolute atomic E-state index is 13.4. The lowest BCUT2D eigenvalue weighted by molar-refractivity contribution is -0.132. The van der Waals surface area contributed by atoms with E-state index in [0.29, 0.717) is 11.3 Å². The van der Waals surface area contributed by atoms with Crippen molar-refractivity contribution in [2.75, 3.05) is 4.90 Å². The molecule has 2 N–H and O–H groups in total. The number of H-pyrrole nitrogens is 1. The van der Waals surface area contributed by atoms with E-state index in [9.17, 15) is 14.7 Å². The summed E-state index contributed by atoms with van der Waals surface area (Å²) in [5, 5.41) is 12.2. The number of Topliss-reactive ketones (excluding diaryl/α,β-unsaturated/α-hetero) is 1. The molecule has 0 saturated carbocycles. The second-order valence-corrected chi connectivity index (χ2v) is 8.46. The lowest BCUT2D eigenvalue weighted by Crippen LogP contribution is -2.29. The number of aliphatic hydroxyl groups excluding tert-OH is 1. The Morgan fingerprint density at radius 2 is 1.64 bits per heavy atom. The molecule has 2 aromatic carbocycles. The van der Waals surface area contributed by atoms with Crippen molar-refractivity contribution in [2.45, 2.75) is 26.8 Å². The normalized spacial score (nSPS) is 17.8. The fourth-order valence-corrected chi connectivity index (χ4v) is 4.78. The molecule has 33 heavy (non-hydrogen) atoms. The van der Waals surface area contributed by atoms with Gasteiger partial charge in [-0.1, -0.05) is 24.3 Å². The Kier molecular flexibility index (Phi) is 4.86. The molecular weight excluding hydrogens is 414 g/mol. The summed E-state index contributed by atoms with van der Waals surface area (Å²) in [5.74, 6) is -1.58. The number of aromatic nitrogens is 2. The number of anilines is 1. The molecule has 4 aromatic rings. The summed E-state index contributed by atoms with van der Waals surface area (Å²) < 4.78 is 0. The van der Waals surface area contributed by atoms with Gasteiger partial charge in [-0.3, -0.25) is 19.5 Å². The average molecular weight is 437 g/mol. The standard InChI is InChI=1S/C27H23N3O3/c1-15-12-16(2)14-19(13-15)30-24(22-17(3)29-21-7-5-4-6-20(21)22)23(26(32)27(30)33)25(31)18-8-10-28-11-9-18/h4-14,24,29,31H,1-3H3/b25-23+. The van der Waals surface area contributed by atoms with Crippen molar-refractivity contribution in [3.63, 3.8) is 0 Å². The number of aromatic amines is 1. The zero-order valence-electron chi connectivity index (χ0n) is 18.6. The van der Waals surface area contributed by atoms with Gasteiger partial charge in [0, 0.05) is 45.8 Å². The number of fused-ring (bicyclic) bond motifs is 1. The minimum atomic E-state index is -0.782. The molecule has 0 spiro atoms. The number of aliphatic hydroxyl groups is 1. The number of nitrogens with zero attached hydrogens (tertiary/aromatic N) is 2. The molecule has 2 aromatic heterocycles. The Morgan fingerprint density at radius 1 is 0.970 bits per heavy atom. The van der Waals surface area contributed by atoms with Crippen LogP contribution in [0.2, 0.25) is 0 Å². The number of rotatable bonds is 3. The number of nitrogens with one attached hydrogen (secondary N) is 1. The maximum Gasteiger partial charge on any atom is 0.300 e. The SMILES string of the molecule is Cc1cc(C)cc(N2C(=O)C(=O)/C(=C(/O)c3ccncc3)C2c2c(C)[nH]c3ccccc23)c1. The Balaban J connectivity index is 1.84. The van der Waals surface area contributed by atoms with Gasteiger partial charge in [-0.25, -0.2) is 0 Å². The van der Waals surface area contributed by atoms with Crippen LogP contribution >= 0.6 is 0 Å². The lowest BCUT2D eigenvalue weighted by atomic mass is 9.93. The van der Waals surface area contributed by atoms with E-state index in [4.69, 9.17) is 0 Å². The molecule has 5 rings (SSSR count). The van der Waals surface area contributed by atoms with Crippen molar-refractivity contribution in [3.05, 3.63) is 101 Å². The third kappa shape index (κ3) is 3.31. The number of carbonyl (C=O) groups excluding carboxylic acids is 2. The molecule has 1 aliphatic heterocycles. The van der Waals surface area contributed by atoms with E-state index in [0.717, 1.165) is 33.3 Å². The monoisotopic (exact) mass is 437 g/mol. The molecule has 6 nitrogen and oxygen atoms in total. The van der Waals surface area contributed by atoms with E-state index in [1.807, 2.05) is 63.2 Å². The molecular formula is C27H23N3O3. The third-order valence-electron chi connectivity index (χ3n) is 6.10. The first-order valence-electron chi connectivity index (χ1n) is 10.7. The fraction of sp³-hybridized carbons (Fsp3) is 0.148. The van der Waals surface area contributed by atoms with E-state index in [1.165, 1.54) is 4.90 Å². The summed E-state index contributed by atoms with van der Waals surface area (Å²) in [6, 6.07) is 16.0. The number of ketones is 1. The number of benzene rings is 2. The molecule has 1 atom stereocenters. The number of para-hydroxylation sites is 1. The van der Waals surface area contributed by atoms with Crippen molar-refractivity contribution >= 4 is 34.0 Å². The van der Waals surface area contributed by atoms with Crippen LogP contribution in [0.5, 0.6) is 0 Å². The molecule has 1 aliphatic rings. The number of hydrogen-bond acceptors (Lipinski definition) is 4. The van der Waals surface area contributed by atoms with Crippen LogP contribution < -0.4 is 4.90 Å². The van der Waals surface area contributed by atoms with Gasteiger partial charge in [0.1, 0.15) is 5.76 Å². The van der Waals surface area contributed by atoms with E-state index >= 15 is 0 Å². The highest BCUT2D eigenvalue weighted by molar-refractivity contribution is 6.52. The first-order valence-corrected chi connectivity index (χ1v) is 10.7. The highest BCUT2D eigenvalue weighted by atomic mass is 16.3. The van der Waals surface area contributed by atoms with Crippen molar-refractivity contribution in [3.8, 4) is 0 Å². The smallest absolute Gasteiger partial charge is 0.300 e. The Bertz CT molecular complexity index is 1430. The number of amides is 1. The van der Waals surface area contributed by atoms with Crippen LogP contribution in [-0.4, -0.2) is 26.8 Å². The Morgan fingerprint density at radius 3 is 2.33 bits per heavy atom. The molecule has 1 unspecified atom stereocenters. The number of carbonyl (C=O) groups is 2. The lowest BCUT2D eigenvalue weighted by Gasteiger charge is -2.26. The van der Waals surface area contributed by atoms with E-state index in [1.54, 1.807) is 24.5 Å². The molecule has 0 radical (unpaired) electrons. The van der Waals surface area contributed by atoms with Crippen LogP contribution in [0.15, 0.2) is 72.6 Å². The van der Waals surface area contributed by atoms with Crippen molar-refractivity contribution in [2.24, 2.45) is 0 Å². The van der Waals surface area contributed by atoms with Gasteiger partial charge in [0.25, 0.3) is 11.7 Å². The summed E-state index contributed by atoms with van der Waals surface area (Å²) in [6.45, 7) is 5.83. The highest BCUT2D eigenvalue weighted by Gasteiger charge is 2.48. The van der Waals surface area contributed by atoms with Gasteiger partial charge in [-0.2, -0.15) is 0 Å². The number of pyridine rings is 1. The van der Waals surface area contributed by atoms with Crippen molar-refractivity contribution in [1.82, 2.24) is 9.97 Å². The minimum Gasteiger partial charge on any atom is -0.507 e. The maximum atomic E-state index is 13.4. The molecule has 6 heteroatoms. The summed E-state index contributed by atoms with van der Waals surface area (Å²) >= 11 is 0. The van der Waals surface area contributed by atoms with Gasteiger partial charge in [-0.15, -0.1) is 0 Å². The van der Waals surface area contributed by atoms with Crippen LogP contribution in [0.1, 0.15) is 34.0 Å². The molecule has 1 fully saturated rings. The topological polar surface area (TPSA) is 86.3 Å². The van der Waals surface area contributed by atoms with Crippen LogP contribution in [0.3, 0.4) is 0 Å². The Labute approximate surface area is 191 Å².